The summed E-state index contributed by atoms with van der Waals surface area (Å²) < 4.78 is 0. The van der Waals surface area contributed by atoms with Gasteiger partial charge in [0.2, 0.25) is 0 Å². The van der Waals surface area contributed by atoms with Gasteiger partial charge in [0.1, 0.15) is 0 Å². The number of hydrogen-bond donors (Lipinski definition) is 1. The number of benzene rings is 1. The summed E-state index contributed by atoms with van der Waals surface area (Å²) in [6.07, 6.45) is 3.31. The fourth-order valence-electron chi connectivity index (χ4n) is 1.86. The average Bonchev–Trinajstić information content (AvgIpc) is 2.37. The van der Waals surface area contributed by atoms with E-state index in [9.17, 15) is 0 Å². The van der Waals surface area contributed by atoms with Crippen LogP contribution in [0.15, 0.2) is 23.1 Å². The molecule has 1 atom stereocenters. The van der Waals surface area contributed by atoms with Gasteiger partial charge in [-0.15, -0.1) is 11.8 Å². The van der Waals surface area contributed by atoms with Gasteiger partial charge in [-0.3, -0.25) is 0 Å². The molecule has 0 aliphatic carbocycles. The normalized spacial score (nSPS) is 21.4. The third-order valence-corrected chi connectivity index (χ3v) is 3.91. The summed E-state index contributed by atoms with van der Waals surface area (Å²) >= 11 is 1.95. The second-order valence-corrected chi connectivity index (χ2v) is 5.03. The van der Waals surface area contributed by atoms with Crippen molar-refractivity contribution < 1.29 is 0 Å². The molecular weight excluding hydrogens is 190 g/mol. The Morgan fingerprint density at radius 1 is 1.50 bits per heavy atom. The van der Waals surface area contributed by atoms with Gasteiger partial charge in [-0.25, -0.2) is 0 Å². The predicted octanol–water partition coefficient (Wildman–Crippen LogP) is 2.61. The van der Waals surface area contributed by atoms with E-state index in [-0.39, 0.29) is 0 Å². The lowest BCUT2D eigenvalue weighted by Crippen LogP contribution is -2.22. The molecule has 0 bridgehead atoms. The lowest BCUT2D eigenvalue weighted by atomic mass is 10.0. The summed E-state index contributed by atoms with van der Waals surface area (Å²) in [5.41, 5.74) is 8.91. The van der Waals surface area contributed by atoms with E-state index in [1.165, 1.54) is 21.8 Å². The quantitative estimate of drug-likeness (QED) is 0.766. The van der Waals surface area contributed by atoms with Gasteiger partial charge in [0.05, 0.1) is 0 Å². The molecule has 1 aromatic carbocycles. The zero-order valence-electron chi connectivity index (χ0n) is 8.62. The molecule has 2 rings (SSSR count). The number of aryl methyl sites for hydroxylation is 1. The second kappa shape index (κ2) is 4.37. The SMILES string of the molecule is CCc1ccc2c(c1)CC(N)CCS2. The Morgan fingerprint density at radius 3 is 3.14 bits per heavy atom. The van der Waals surface area contributed by atoms with Crippen molar-refractivity contribution in [2.45, 2.75) is 37.1 Å². The molecule has 2 N–H and O–H groups in total. The molecule has 1 aliphatic rings. The predicted molar refractivity (Wildman–Crippen MR) is 62.8 cm³/mol. The zero-order chi connectivity index (χ0) is 9.97. The Morgan fingerprint density at radius 2 is 2.36 bits per heavy atom. The summed E-state index contributed by atoms with van der Waals surface area (Å²) in [6.45, 7) is 2.20. The van der Waals surface area contributed by atoms with Crippen LogP contribution in [0.5, 0.6) is 0 Å². The van der Waals surface area contributed by atoms with Gasteiger partial charge in [0.15, 0.2) is 0 Å². The van der Waals surface area contributed by atoms with Gasteiger partial charge in [-0.1, -0.05) is 19.1 Å². The van der Waals surface area contributed by atoms with Crippen molar-refractivity contribution >= 4 is 11.8 Å². The van der Waals surface area contributed by atoms with Gasteiger partial charge in [-0.05, 0) is 42.2 Å². The number of fused-ring (bicyclic) bond motifs is 1. The molecule has 1 unspecified atom stereocenters. The minimum absolute atomic E-state index is 0.357. The van der Waals surface area contributed by atoms with Gasteiger partial charge in [0, 0.05) is 10.9 Å². The first-order chi connectivity index (χ1) is 6.79. The molecule has 0 radical (unpaired) electrons. The summed E-state index contributed by atoms with van der Waals surface area (Å²) in [5, 5.41) is 0. The molecule has 0 fully saturated rings. The van der Waals surface area contributed by atoms with E-state index in [2.05, 4.69) is 25.1 Å². The van der Waals surface area contributed by atoms with Crippen molar-refractivity contribution in [3.8, 4) is 0 Å². The lowest BCUT2D eigenvalue weighted by molar-refractivity contribution is 0.652. The van der Waals surface area contributed by atoms with Gasteiger partial charge >= 0.3 is 0 Å². The Labute approximate surface area is 90.1 Å². The molecule has 0 amide bonds. The highest BCUT2D eigenvalue weighted by Gasteiger charge is 2.13. The fraction of sp³-hybridized carbons (Fsp3) is 0.500. The van der Waals surface area contributed by atoms with Crippen molar-refractivity contribution in [2.24, 2.45) is 5.73 Å². The first-order valence-corrected chi connectivity index (χ1v) is 6.28. The van der Waals surface area contributed by atoms with Crippen LogP contribution in [-0.2, 0) is 12.8 Å². The lowest BCUT2D eigenvalue weighted by Gasteiger charge is -2.09. The Bertz CT molecular complexity index is 322. The highest BCUT2D eigenvalue weighted by molar-refractivity contribution is 7.99. The Hall–Kier alpha value is -0.470. The fourth-order valence-corrected chi connectivity index (χ4v) is 2.99. The van der Waals surface area contributed by atoms with Crippen LogP contribution in [-0.4, -0.2) is 11.8 Å². The maximum absolute atomic E-state index is 6.03. The molecule has 0 saturated heterocycles. The molecule has 0 saturated carbocycles. The second-order valence-electron chi connectivity index (χ2n) is 3.90. The van der Waals surface area contributed by atoms with E-state index in [0.29, 0.717) is 6.04 Å². The summed E-state index contributed by atoms with van der Waals surface area (Å²) in [6, 6.07) is 7.18. The van der Waals surface area contributed by atoms with Gasteiger partial charge in [-0.2, -0.15) is 0 Å². The van der Waals surface area contributed by atoms with E-state index in [1.54, 1.807) is 0 Å². The maximum Gasteiger partial charge on any atom is 0.0105 e. The van der Waals surface area contributed by atoms with Crippen LogP contribution in [0.4, 0.5) is 0 Å². The standard InChI is InChI=1S/C12H17NS/c1-2-9-3-4-12-10(7-9)8-11(13)5-6-14-12/h3-4,7,11H,2,5-6,8,13H2,1H3. The van der Waals surface area contributed by atoms with Crippen molar-refractivity contribution in [1.82, 2.24) is 0 Å². The number of rotatable bonds is 1. The van der Waals surface area contributed by atoms with E-state index < -0.39 is 0 Å². The Kier molecular flexibility index (Phi) is 3.14. The molecule has 0 spiro atoms. The maximum atomic E-state index is 6.03. The molecule has 1 aromatic rings. The molecule has 1 heterocycles. The van der Waals surface area contributed by atoms with Crippen LogP contribution >= 0.6 is 11.8 Å². The van der Waals surface area contributed by atoms with E-state index in [0.717, 1.165) is 19.3 Å². The topological polar surface area (TPSA) is 26.0 Å². The third-order valence-electron chi connectivity index (χ3n) is 2.76. The minimum atomic E-state index is 0.357. The molecular formula is C12H17NS. The zero-order valence-corrected chi connectivity index (χ0v) is 9.44. The summed E-state index contributed by atoms with van der Waals surface area (Å²) in [7, 11) is 0. The van der Waals surface area contributed by atoms with Crippen molar-refractivity contribution in [3.63, 3.8) is 0 Å². The van der Waals surface area contributed by atoms with Crippen LogP contribution < -0.4 is 5.73 Å². The van der Waals surface area contributed by atoms with E-state index in [4.69, 9.17) is 5.73 Å². The number of thioether (sulfide) groups is 1. The summed E-state index contributed by atoms with van der Waals surface area (Å²) in [4.78, 5) is 1.44. The molecule has 2 heteroatoms. The first-order valence-electron chi connectivity index (χ1n) is 5.29. The summed E-state index contributed by atoms with van der Waals surface area (Å²) in [5.74, 6) is 1.17. The monoisotopic (exact) mass is 207 g/mol. The molecule has 76 valence electrons. The first kappa shape index (κ1) is 10.1. The highest BCUT2D eigenvalue weighted by atomic mass is 32.2. The smallest absolute Gasteiger partial charge is 0.0105 e. The van der Waals surface area contributed by atoms with Crippen molar-refractivity contribution in [3.05, 3.63) is 29.3 Å². The van der Waals surface area contributed by atoms with E-state index >= 15 is 0 Å². The van der Waals surface area contributed by atoms with Crippen LogP contribution in [0.1, 0.15) is 24.5 Å². The van der Waals surface area contributed by atoms with Crippen LogP contribution in [0.3, 0.4) is 0 Å². The van der Waals surface area contributed by atoms with Gasteiger partial charge in [0.25, 0.3) is 0 Å². The molecule has 0 aromatic heterocycles. The largest absolute Gasteiger partial charge is 0.327 e. The minimum Gasteiger partial charge on any atom is -0.327 e. The average molecular weight is 207 g/mol. The van der Waals surface area contributed by atoms with Crippen molar-refractivity contribution in [2.75, 3.05) is 5.75 Å². The van der Waals surface area contributed by atoms with Crippen LogP contribution in [0.25, 0.3) is 0 Å². The number of hydrogen-bond acceptors (Lipinski definition) is 2. The Balaban J connectivity index is 2.32. The number of nitrogens with two attached hydrogens (primary N) is 1. The van der Waals surface area contributed by atoms with E-state index in [1.807, 2.05) is 11.8 Å². The third kappa shape index (κ3) is 2.12. The molecule has 1 aliphatic heterocycles. The molecule has 14 heavy (non-hydrogen) atoms. The molecule has 1 nitrogen and oxygen atoms in total. The van der Waals surface area contributed by atoms with Gasteiger partial charge < -0.3 is 5.73 Å². The van der Waals surface area contributed by atoms with Crippen LogP contribution in [0.2, 0.25) is 0 Å². The highest BCUT2D eigenvalue weighted by Crippen LogP contribution is 2.29. The van der Waals surface area contributed by atoms with Crippen molar-refractivity contribution in [1.29, 1.82) is 0 Å². The van der Waals surface area contributed by atoms with Crippen LogP contribution in [0, 0.1) is 0 Å².